The third-order valence-corrected chi connectivity index (χ3v) is 4.56. The van der Waals surface area contributed by atoms with Crippen molar-refractivity contribution < 1.29 is 4.42 Å². The molecule has 0 N–H and O–H groups in total. The minimum atomic E-state index is 0.379. The quantitative estimate of drug-likeness (QED) is 0.604. The van der Waals surface area contributed by atoms with Crippen LogP contribution >= 0.6 is 15.9 Å². The van der Waals surface area contributed by atoms with Crippen LogP contribution in [-0.2, 0) is 13.1 Å². The van der Waals surface area contributed by atoms with Gasteiger partial charge in [-0.1, -0.05) is 42.5 Å². The first-order valence-corrected chi connectivity index (χ1v) is 8.78. The van der Waals surface area contributed by atoms with Gasteiger partial charge in [-0.05, 0) is 47.5 Å². The van der Waals surface area contributed by atoms with Gasteiger partial charge in [0.2, 0.25) is 11.8 Å². The van der Waals surface area contributed by atoms with Crippen LogP contribution in [0.3, 0.4) is 0 Å². The van der Waals surface area contributed by atoms with Crippen LogP contribution in [0.2, 0.25) is 0 Å². The molecule has 2 aromatic carbocycles. The van der Waals surface area contributed by atoms with E-state index in [1.807, 2.05) is 30.3 Å². The van der Waals surface area contributed by atoms with Crippen LogP contribution in [0.4, 0.5) is 0 Å². The molecule has 124 valence electrons. The smallest absolute Gasteiger partial charge is 0.248 e. The van der Waals surface area contributed by atoms with Gasteiger partial charge in [0.1, 0.15) is 0 Å². The van der Waals surface area contributed by atoms with Gasteiger partial charge in [-0.2, -0.15) is 0 Å². The van der Waals surface area contributed by atoms with Gasteiger partial charge in [-0.3, -0.25) is 4.90 Å². The number of hydrogen-bond donors (Lipinski definition) is 0. The van der Waals surface area contributed by atoms with Crippen molar-refractivity contribution in [1.82, 2.24) is 15.1 Å². The van der Waals surface area contributed by atoms with Crippen LogP contribution in [0.1, 0.15) is 25.3 Å². The van der Waals surface area contributed by atoms with Crippen molar-refractivity contribution in [1.29, 1.82) is 0 Å². The van der Waals surface area contributed by atoms with E-state index in [0.29, 0.717) is 24.4 Å². The summed E-state index contributed by atoms with van der Waals surface area (Å²) in [4.78, 5) is 2.31. The van der Waals surface area contributed by atoms with Crippen LogP contribution in [0.15, 0.2) is 63.5 Å². The summed E-state index contributed by atoms with van der Waals surface area (Å²) >= 11 is 3.52. The Kier molecular flexibility index (Phi) is 5.43. The zero-order valence-electron chi connectivity index (χ0n) is 13.8. The Labute approximate surface area is 150 Å². The lowest BCUT2D eigenvalue weighted by Gasteiger charge is -2.24. The van der Waals surface area contributed by atoms with Gasteiger partial charge in [-0.15, -0.1) is 10.2 Å². The second-order valence-electron chi connectivity index (χ2n) is 5.97. The minimum absolute atomic E-state index is 0.379. The molecule has 3 rings (SSSR count). The van der Waals surface area contributed by atoms with E-state index in [-0.39, 0.29) is 0 Å². The van der Waals surface area contributed by atoms with E-state index in [4.69, 9.17) is 4.42 Å². The molecular formula is C19H20BrN3O. The predicted molar refractivity (Wildman–Crippen MR) is 98.3 cm³/mol. The lowest BCUT2D eigenvalue weighted by Crippen LogP contribution is -2.29. The molecule has 0 saturated heterocycles. The van der Waals surface area contributed by atoms with E-state index in [2.05, 4.69) is 69.1 Å². The van der Waals surface area contributed by atoms with Crippen molar-refractivity contribution in [2.75, 3.05) is 0 Å². The molecule has 1 heterocycles. The largest absolute Gasteiger partial charge is 0.419 e. The molecule has 1 aromatic heterocycles. The second-order valence-corrected chi connectivity index (χ2v) is 6.82. The van der Waals surface area contributed by atoms with E-state index in [1.165, 1.54) is 5.56 Å². The van der Waals surface area contributed by atoms with Gasteiger partial charge < -0.3 is 4.42 Å². The monoisotopic (exact) mass is 385 g/mol. The Hall–Kier alpha value is -1.98. The van der Waals surface area contributed by atoms with Crippen molar-refractivity contribution in [3.63, 3.8) is 0 Å². The molecular weight excluding hydrogens is 366 g/mol. The maximum atomic E-state index is 5.87. The summed E-state index contributed by atoms with van der Waals surface area (Å²) in [7, 11) is 0. The Morgan fingerprint density at radius 1 is 0.958 bits per heavy atom. The molecule has 0 unspecified atom stereocenters. The molecule has 5 heteroatoms. The van der Waals surface area contributed by atoms with Crippen molar-refractivity contribution in [3.05, 3.63) is 70.5 Å². The Balaban J connectivity index is 1.75. The molecule has 0 fully saturated rings. The first kappa shape index (κ1) is 16.9. The van der Waals surface area contributed by atoms with Gasteiger partial charge in [0.15, 0.2) is 0 Å². The van der Waals surface area contributed by atoms with Gasteiger partial charge in [0.25, 0.3) is 0 Å². The van der Waals surface area contributed by atoms with Crippen LogP contribution in [-0.4, -0.2) is 21.1 Å². The molecule has 0 atom stereocenters. The summed E-state index contributed by atoms with van der Waals surface area (Å²) in [5, 5.41) is 8.41. The predicted octanol–water partition coefficient (Wildman–Crippen LogP) is 4.91. The molecule has 0 aliphatic rings. The summed E-state index contributed by atoms with van der Waals surface area (Å²) < 4.78 is 6.82. The molecule has 4 nitrogen and oxygen atoms in total. The van der Waals surface area contributed by atoms with E-state index >= 15 is 0 Å². The van der Waals surface area contributed by atoms with E-state index < -0.39 is 0 Å². The number of aromatic nitrogens is 2. The molecule has 0 aliphatic heterocycles. The van der Waals surface area contributed by atoms with Gasteiger partial charge in [0, 0.05) is 17.1 Å². The molecule has 0 aliphatic carbocycles. The normalized spacial score (nSPS) is 11.4. The van der Waals surface area contributed by atoms with Crippen LogP contribution in [0.5, 0.6) is 0 Å². The fourth-order valence-electron chi connectivity index (χ4n) is 2.47. The maximum absolute atomic E-state index is 5.87. The summed E-state index contributed by atoms with van der Waals surface area (Å²) in [6.45, 7) is 5.83. The highest BCUT2D eigenvalue weighted by Gasteiger charge is 2.16. The highest BCUT2D eigenvalue weighted by molar-refractivity contribution is 9.10. The molecule has 0 radical (unpaired) electrons. The van der Waals surface area contributed by atoms with E-state index in [0.717, 1.165) is 16.6 Å². The summed E-state index contributed by atoms with van der Waals surface area (Å²) in [6.07, 6.45) is 0. The SMILES string of the molecule is CC(C)N(Cc1ccccc1)Cc1nnc(-c2ccccc2Br)o1. The topological polar surface area (TPSA) is 42.2 Å². The van der Waals surface area contributed by atoms with Gasteiger partial charge in [0.05, 0.1) is 12.1 Å². The number of halogens is 1. The fourth-order valence-corrected chi connectivity index (χ4v) is 2.93. The molecule has 0 amide bonds. The number of benzene rings is 2. The molecule has 0 saturated carbocycles. The van der Waals surface area contributed by atoms with Crippen LogP contribution < -0.4 is 0 Å². The van der Waals surface area contributed by atoms with Crippen molar-refractivity contribution in [2.45, 2.75) is 33.0 Å². The lowest BCUT2D eigenvalue weighted by molar-refractivity contribution is 0.184. The van der Waals surface area contributed by atoms with Crippen LogP contribution in [0.25, 0.3) is 11.5 Å². The summed E-state index contributed by atoms with van der Waals surface area (Å²) in [5.74, 6) is 1.17. The highest BCUT2D eigenvalue weighted by atomic mass is 79.9. The lowest BCUT2D eigenvalue weighted by atomic mass is 10.2. The molecule has 0 bridgehead atoms. The molecule has 3 aromatic rings. The summed E-state index contributed by atoms with van der Waals surface area (Å²) in [5.41, 5.74) is 2.19. The number of rotatable bonds is 6. The van der Waals surface area contributed by atoms with Crippen LogP contribution in [0, 0.1) is 0 Å². The van der Waals surface area contributed by atoms with Crippen molar-refractivity contribution >= 4 is 15.9 Å². The van der Waals surface area contributed by atoms with Gasteiger partial charge in [-0.25, -0.2) is 0 Å². The third kappa shape index (κ3) is 4.10. The first-order chi connectivity index (χ1) is 11.6. The van der Waals surface area contributed by atoms with Crippen molar-refractivity contribution in [2.24, 2.45) is 0 Å². The standard InChI is InChI=1S/C19H20BrN3O/c1-14(2)23(12-15-8-4-3-5-9-15)13-18-21-22-19(24-18)16-10-6-7-11-17(16)20/h3-11,14H,12-13H2,1-2H3. The molecule has 0 spiro atoms. The van der Waals surface area contributed by atoms with Gasteiger partial charge >= 0.3 is 0 Å². The molecule has 24 heavy (non-hydrogen) atoms. The zero-order chi connectivity index (χ0) is 16.9. The minimum Gasteiger partial charge on any atom is -0.419 e. The Morgan fingerprint density at radius 3 is 2.38 bits per heavy atom. The third-order valence-electron chi connectivity index (χ3n) is 3.87. The van der Waals surface area contributed by atoms with E-state index in [1.54, 1.807) is 0 Å². The van der Waals surface area contributed by atoms with E-state index in [9.17, 15) is 0 Å². The summed E-state index contributed by atoms with van der Waals surface area (Å²) in [6, 6.07) is 18.7. The first-order valence-electron chi connectivity index (χ1n) is 7.98. The maximum Gasteiger partial charge on any atom is 0.248 e. The fraction of sp³-hybridized carbons (Fsp3) is 0.263. The average molecular weight is 386 g/mol. The zero-order valence-corrected chi connectivity index (χ0v) is 15.4. The number of nitrogens with zero attached hydrogens (tertiary/aromatic N) is 3. The second kappa shape index (κ2) is 7.73. The Morgan fingerprint density at radius 2 is 1.67 bits per heavy atom. The number of hydrogen-bond acceptors (Lipinski definition) is 4. The average Bonchev–Trinajstić information content (AvgIpc) is 3.04. The van der Waals surface area contributed by atoms with Crippen molar-refractivity contribution in [3.8, 4) is 11.5 Å². The highest BCUT2D eigenvalue weighted by Crippen LogP contribution is 2.27. The Bertz CT molecular complexity index is 786.